The third-order valence-corrected chi connectivity index (χ3v) is 6.30. The van der Waals surface area contributed by atoms with E-state index in [0.717, 1.165) is 0 Å². The highest BCUT2D eigenvalue weighted by Gasteiger charge is 2.55. The van der Waals surface area contributed by atoms with E-state index in [-0.39, 0.29) is 22.9 Å². The van der Waals surface area contributed by atoms with Crippen LogP contribution >= 0.6 is 23.2 Å². The first kappa shape index (κ1) is 31.4. The number of carbonyl (C=O) groups excluding carboxylic acids is 5. The molecule has 0 bridgehead atoms. The highest BCUT2D eigenvalue weighted by molar-refractivity contribution is 6.50. The second kappa shape index (κ2) is 13.3. The number of nitrogens with zero attached hydrogens (tertiary/aromatic N) is 2. The lowest BCUT2D eigenvalue weighted by Gasteiger charge is -2.41. The monoisotopic (exact) mass is 570 g/mol. The number of carbonyl (C=O) groups is 5. The van der Waals surface area contributed by atoms with Gasteiger partial charge in [-0.3, -0.25) is 24.0 Å². The van der Waals surface area contributed by atoms with Crippen molar-refractivity contribution in [3.63, 3.8) is 0 Å². The number of halogens is 2. The van der Waals surface area contributed by atoms with Gasteiger partial charge in [0.1, 0.15) is 0 Å². The standard InChI is InChI=1S/C24H33BCl2N4O7/c1-14(2)9-18(29-19(32)13-28-22(35)16-10-15(26)7-8-17(16)27)25-37-21(34)12-24(38-25,23(36)31(5)6)11-20(33)30(3)4/h7-8,10,14,18H,9,11-13H2,1-6H3,(H,28,35)(H,29,32)/t18-,24-/m0/s1. The number of hydrogen-bond donors (Lipinski definition) is 2. The second-order valence-electron chi connectivity index (χ2n) is 9.92. The summed E-state index contributed by atoms with van der Waals surface area (Å²) in [4.78, 5) is 66.3. The molecular weight excluding hydrogens is 538 g/mol. The Balaban J connectivity index is 2.23. The van der Waals surface area contributed by atoms with Gasteiger partial charge in [0, 0.05) is 33.2 Å². The molecule has 1 saturated heterocycles. The van der Waals surface area contributed by atoms with Crippen molar-refractivity contribution in [1.29, 1.82) is 0 Å². The number of benzene rings is 1. The van der Waals surface area contributed by atoms with Crippen molar-refractivity contribution in [3.05, 3.63) is 33.8 Å². The zero-order valence-electron chi connectivity index (χ0n) is 22.3. The summed E-state index contributed by atoms with van der Waals surface area (Å²) in [6.07, 6.45) is -0.536. The highest BCUT2D eigenvalue weighted by atomic mass is 35.5. The molecule has 38 heavy (non-hydrogen) atoms. The molecule has 1 fully saturated rings. The molecule has 1 aliphatic heterocycles. The fourth-order valence-corrected chi connectivity index (χ4v) is 4.28. The predicted molar refractivity (Wildman–Crippen MR) is 142 cm³/mol. The zero-order valence-corrected chi connectivity index (χ0v) is 23.8. The van der Waals surface area contributed by atoms with Crippen molar-refractivity contribution in [3.8, 4) is 0 Å². The van der Waals surface area contributed by atoms with Crippen LogP contribution in [0.3, 0.4) is 0 Å². The Morgan fingerprint density at radius 3 is 2.34 bits per heavy atom. The van der Waals surface area contributed by atoms with Crippen LogP contribution < -0.4 is 10.6 Å². The van der Waals surface area contributed by atoms with Crippen LogP contribution in [0.15, 0.2) is 18.2 Å². The van der Waals surface area contributed by atoms with Crippen molar-refractivity contribution >= 4 is 59.9 Å². The van der Waals surface area contributed by atoms with Crippen molar-refractivity contribution in [2.75, 3.05) is 34.7 Å². The van der Waals surface area contributed by atoms with Crippen molar-refractivity contribution in [1.82, 2.24) is 20.4 Å². The molecule has 0 radical (unpaired) electrons. The van der Waals surface area contributed by atoms with Crippen LogP contribution in [0.2, 0.25) is 10.0 Å². The topological polar surface area (TPSA) is 134 Å². The third-order valence-electron chi connectivity index (χ3n) is 5.73. The highest BCUT2D eigenvalue weighted by Crippen LogP contribution is 2.31. The van der Waals surface area contributed by atoms with Gasteiger partial charge in [-0.05, 0) is 30.5 Å². The first-order valence-electron chi connectivity index (χ1n) is 12.0. The largest absolute Gasteiger partial charge is 0.552 e. The Hall–Kier alpha value is -2.83. The van der Waals surface area contributed by atoms with Gasteiger partial charge in [-0.2, -0.15) is 0 Å². The Morgan fingerprint density at radius 1 is 1.11 bits per heavy atom. The Kier molecular flexibility index (Phi) is 11.0. The van der Waals surface area contributed by atoms with E-state index in [4.69, 9.17) is 32.5 Å². The quantitative estimate of drug-likeness (QED) is 0.407. The maximum absolute atomic E-state index is 13.2. The molecule has 0 aliphatic carbocycles. The van der Waals surface area contributed by atoms with Gasteiger partial charge in [-0.1, -0.05) is 37.0 Å². The Labute approximate surface area is 232 Å². The lowest BCUT2D eigenvalue weighted by atomic mass is 9.70. The van der Waals surface area contributed by atoms with E-state index in [0.29, 0.717) is 11.4 Å². The molecule has 1 aromatic rings. The Bertz CT molecular complexity index is 1090. The van der Waals surface area contributed by atoms with Crippen molar-refractivity contribution in [2.45, 2.75) is 44.7 Å². The lowest BCUT2D eigenvalue weighted by molar-refractivity contribution is -0.167. The molecule has 0 unspecified atom stereocenters. The third kappa shape index (κ3) is 8.34. The molecule has 2 N–H and O–H groups in total. The van der Waals surface area contributed by atoms with Gasteiger partial charge in [-0.25, -0.2) is 0 Å². The number of rotatable bonds is 10. The molecule has 2 rings (SSSR count). The summed E-state index contributed by atoms with van der Waals surface area (Å²) >= 11 is 12.0. The number of hydrogen-bond acceptors (Lipinski definition) is 7. The summed E-state index contributed by atoms with van der Waals surface area (Å²) in [6, 6.07) is 4.38. The van der Waals surface area contributed by atoms with E-state index in [1.54, 1.807) is 0 Å². The average molecular weight is 571 g/mol. The zero-order chi connectivity index (χ0) is 28.8. The van der Waals surface area contributed by atoms with E-state index < -0.39 is 61.2 Å². The normalized spacial score (nSPS) is 17.9. The summed E-state index contributed by atoms with van der Waals surface area (Å²) in [6.45, 7) is 3.36. The molecule has 0 aromatic heterocycles. The van der Waals surface area contributed by atoms with Crippen LogP contribution in [0.25, 0.3) is 0 Å². The summed E-state index contributed by atoms with van der Waals surface area (Å²) in [5, 5.41) is 5.66. The molecule has 208 valence electrons. The molecule has 1 aromatic carbocycles. The van der Waals surface area contributed by atoms with Crippen LogP contribution in [0.4, 0.5) is 0 Å². The minimum atomic E-state index is -1.80. The fraction of sp³-hybridized carbons (Fsp3) is 0.542. The molecular formula is C24H33BCl2N4O7. The van der Waals surface area contributed by atoms with Crippen molar-refractivity contribution in [2.24, 2.45) is 5.92 Å². The molecule has 1 aliphatic rings. The van der Waals surface area contributed by atoms with Gasteiger partial charge >= 0.3 is 7.12 Å². The van der Waals surface area contributed by atoms with E-state index >= 15 is 0 Å². The van der Waals surface area contributed by atoms with Gasteiger partial charge in [0.15, 0.2) is 5.60 Å². The number of likely N-dealkylation sites (N-methyl/N-ethyl adjacent to an activating group) is 1. The van der Waals surface area contributed by atoms with Gasteiger partial charge < -0.3 is 29.7 Å². The predicted octanol–water partition coefficient (Wildman–Crippen LogP) is 1.55. The minimum absolute atomic E-state index is 0.0201. The number of nitrogens with one attached hydrogen (secondary N) is 2. The van der Waals surface area contributed by atoms with Crippen LogP contribution in [0.5, 0.6) is 0 Å². The average Bonchev–Trinajstić information content (AvgIpc) is 2.82. The summed E-state index contributed by atoms with van der Waals surface area (Å²) < 4.78 is 11.5. The molecule has 14 heteroatoms. The first-order valence-corrected chi connectivity index (χ1v) is 12.7. The van der Waals surface area contributed by atoms with Crippen LogP contribution in [0.1, 0.15) is 43.5 Å². The first-order chi connectivity index (χ1) is 17.6. The summed E-state index contributed by atoms with van der Waals surface area (Å²) in [5.74, 6) is -3.79. The molecule has 1 heterocycles. The molecule has 11 nitrogen and oxygen atoms in total. The SMILES string of the molecule is CC(C)C[C@H](NC(=O)CNC(=O)c1cc(Cl)ccc1Cl)B1OC(=O)C[C@@](CC(=O)N(C)C)(C(=O)N(C)C)O1. The minimum Gasteiger partial charge on any atom is -0.508 e. The Morgan fingerprint density at radius 2 is 1.76 bits per heavy atom. The molecule has 2 atom stereocenters. The van der Waals surface area contributed by atoms with Gasteiger partial charge in [0.25, 0.3) is 17.8 Å². The van der Waals surface area contributed by atoms with Gasteiger partial charge in [0.05, 0.1) is 35.9 Å². The van der Waals surface area contributed by atoms with E-state index in [9.17, 15) is 24.0 Å². The van der Waals surface area contributed by atoms with Crippen LogP contribution in [0, 0.1) is 5.92 Å². The maximum atomic E-state index is 13.2. The lowest BCUT2D eigenvalue weighted by Crippen LogP contribution is -2.63. The molecule has 0 saturated carbocycles. The fourth-order valence-electron chi connectivity index (χ4n) is 3.90. The van der Waals surface area contributed by atoms with E-state index in [1.807, 2.05) is 13.8 Å². The van der Waals surface area contributed by atoms with Gasteiger partial charge in [0.2, 0.25) is 11.8 Å². The molecule has 4 amide bonds. The summed E-state index contributed by atoms with van der Waals surface area (Å²) in [5.41, 5.74) is -1.70. The van der Waals surface area contributed by atoms with Gasteiger partial charge in [-0.15, -0.1) is 0 Å². The maximum Gasteiger partial charge on any atom is 0.552 e. The second-order valence-corrected chi connectivity index (χ2v) is 10.8. The van der Waals surface area contributed by atoms with Crippen LogP contribution in [-0.2, 0) is 28.5 Å². The smallest absolute Gasteiger partial charge is 0.508 e. The van der Waals surface area contributed by atoms with Crippen molar-refractivity contribution < 1.29 is 33.3 Å². The van der Waals surface area contributed by atoms with E-state index in [1.165, 1.54) is 56.2 Å². The van der Waals surface area contributed by atoms with Crippen LogP contribution in [-0.4, -0.2) is 92.8 Å². The molecule has 0 spiro atoms. The van der Waals surface area contributed by atoms with E-state index in [2.05, 4.69) is 10.6 Å². The number of amides is 4. The summed E-state index contributed by atoms with van der Waals surface area (Å²) in [7, 11) is 4.69.